The van der Waals surface area contributed by atoms with Crippen molar-refractivity contribution in [3.8, 4) is 0 Å². The summed E-state index contributed by atoms with van der Waals surface area (Å²) in [6, 6.07) is 4.40. The lowest BCUT2D eigenvalue weighted by Gasteiger charge is -2.59. The summed E-state index contributed by atoms with van der Waals surface area (Å²) in [5.41, 5.74) is 1.04. The number of benzene rings is 1. The van der Waals surface area contributed by atoms with Crippen molar-refractivity contribution in [2.75, 3.05) is 38.5 Å². The molecule has 0 unspecified atom stereocenters. The van der Waals surface area contributed by atoms with Gasteiger partial charge in [0, 0.05) is 57.2 Å². The molecule has 1 aliphatic carbocycles. The number of nitrogens with one attached hydrogen (secondary N) is 3. The molecule has 3 aliphatic rings. The number of nitrogens with zero attached hydrogens (tertiary/aromatic N) is 4. The monoisotopic (exact) mass is 609 g/mol. The van der Waals surface area contributed by atoms with E-state index in [9.17, 15) is 19.2 Å². The number of aryl methyl sites for hydroxylation is 1. The van der Waals surface area contributed by atoms with Crippen LogP contribution in [0.5, 0.6) is 0 Å². The van der Waals surface area contributed by atoms with Gasteiger partial charge >= 0.3 is 0 Å². The van der Waals surface area contributed by atoms with E-state index in [0.29, 0.717) is 30.9 Å². The molecule has 2 aliphatic heterocycles. The number of carbonyl (C=O) groups excluding carboxylic acids is 4. The predicted molar refractivity (Wildman–Crippen MR) is 163 cm³/mol. The molecule has 2 aromatic rings. The maximum atomic E-state index is 15.4. The highest BCUT2D eigenvalue weighted by Gasteiger charge is 2.52. The standard InChI is InChI=1S/C32H44FN7O4/c1-4-27(41)35-25(31(44)39-19-32(20-39)17-38(3)18-32)16-21-11-12-24(23(33)15-21)36-30(43)28(22-9-7-6-8-10-22)37-29(42)26-13-14-34-40(26)5-2/h11-15,22,25,28H,4-10,16-20H2,1-3H3,(H,35,41)(H,36,43)(H,37,42)/t25-,28+/m1/s1. The summed E-state index contributed by atoms with van der Waals surface area (Å²) in [5.74, 6) is -2.00. The first-order valence-corrected chi connectivity index (χ1v) is 15.8. The van der Waals surface area contributed by atoms with Gasteiger partial charge in [0.1, 0.15) is 23.6 Å². The molecule has 0 radical (unpaired) electrons. The van der Waals surface area contributed by atoms with Crippen LogP contribution in [-0.2, 0) is 27.3 Å². The molecule has 1 spiro atoms. The number of anilines is 1. The van der Waals surface area contributed by atoms with Gasteiger partial charge in [-0.2, -0.15) is 5.10 Å². The average molecular weight is 610 g/mol. The van der Waals surface area contributed by atoms with E-state index in [1.165, 1.54) is 12.1 Å². The second kappa shape index (κ2) is 13.5. The molecule has 2 saturated heterocycles. The molecule has 1 aromatic carbocycles. The topological polar surface area (TPSA) is 129 Å². The Kier molecular flexibility index (Phi) is 9.67. The summed E-state index contributed by atoms with van der Waals surface area (Å²) in [6.07, 6.45) is 6.50. The summed E-state index contributed by atoms with van der Waals surface area (Å²) in [6.45, 7) is 7.34. The first kappa shape index (κ1) is 31.6. The second-order valence-corrected chi connectivity index (χ2v) is 12.7. The number of amides is 4. The Labute approximate surface area is 257 Å². The van der Waals surface area contributed by atoms with E-state index in [0.717, 1.165) is 45.2 Å². The molecule has 3 heterocycles. The van der Waals surface area contributed by atoms with Gasteiger partial charge in [0.15, 0.2) is 0 Å². The van der Waals surface area contributed by atoms with Crippen molar-refractivity contribution in [3.63, 3.8) is 0 Å². The Morgan fingerprint density at radius 3 is 2.39 bits per heavy atom. The molecule has 44 heavy (non-hydrogen) atoms. The van der Waals surface area contributed by atoms with Crippen molar-refractivity contribution in [2.24, 2.45) is 11.3 Å². The second-order valence-electron chi connectivity index (χ2n) is 12.7. The minimum Gasteiger partial charge on any atom is -0.344 e. The molecule has 3 fully saturated rings. The van der Waals surface area contributed by atoms with Crippen LogP contribution >= 0.6 is 0 Å². The molecular formula is C32H44FN7O4. The largest absolute Gasteiger partial charge is 0.344 e. The number of likely N-dealkylation sites (tertiary alicyclic amines) is 2. The molecule has 12 heteroatoms. The molecule has 0 bridgehead atoms. The lowest BCUT2D eigenvalue weighted by Crippen LogP contribution is -2.73. The SMILES string of the molecule is CCC(=O)N[C@H](Cc1ccc(NC(=O)[C@@H](NC(=O)c2ccnn2CC)C2CCCCC2)c(F)c1)C(=O)N1CC2(CN(C)C2)C1. The van der Waals surface area contributed by atoms with Crippen LogP contribution in [0.1, 0.15) is 68.4 Å². The van der Waals surface area contributed by atoms with Crippen molar-refractivity contribution < 1.29 is 23.6 Å². The van der Waals surface area contributed by atoms with Gasteiger partial charge in [-0.25, -0.2) is 4.39 Å². The normalized spacial score (nSPS) is 19.4. The highest BCUT2D eigenvalue weighted by atomic mass is 19.1. The molecule has 2 atom stereocenters. The predicted octanol–water partition coefficient (Wildman–Crippen LogP) is 2.57. The zero-order chi connectivity index (χ0) is 31.4. The molecular weight excluding hydrogens is 565 g/mol. The van der Waals surface area contributed by atoms with Crippen LogP contribution in [0.25, 0.3) is 0 Å². The van der Waals surface area contributed by atoms with E-state index in [1.807, 2.05) is 6.92 Å². The zero-order valence-corrected chi connectivity index (χ0v) is 25.9. The maximum Gasteiger partial charge on any atom is 0.270 e. The van der Waals surface area contributed by atoms with E-state index < -0.39 is 29.7 Å². The molecule has 3 N–H and O–H groups in total. The highest BCUT2D eigenvalue weighted by Crippen LogP contribution is 2.39. The van der Waals surface area contributed by atoms with E-state index in [4.69, 9.17) is 0 Å². The van der Waals surface area contributed by atoms with Crippen molar-refractivity contribution in [1.29, 1.82) is 0 Å². The van der Waals surface area contributed by atoms with Crippen LogP contribution in [0, 0.1) is 17.2 Å². The fourth-order valence-electron chi connectivity index (χ4n) is 7.03. The Bertz CT molecular complexity index is 1370. The highest BCUT2D eigenvalue weighted by molar-refractivity contribution is 6.00. The quantitative estimate of drug-likeness (QED) is 0.359. The molecule has 11 nitrogen and oxygen atoms in total. The summed E-state index contributed by atoms with van der Waals surface area (Å²) in [4.78, 5) is 56.2. The summed E-state index contributed by atoms with van der Waals surface area (Å²) < 4.78 is 17.0. The van der Waals surface area contributed by atoms with Crippen LogP contribution in [0.3, 0.4) is 0 Å². The number of hydrogen-bond donors (Lipinski definition) is 3. The Balaban J connectivity index is 1.26. The maximum absolute atomic E-state index is 15.4. The lowest BCUT2D eigenvalue weighted by molar-refractivity contribution is -0.159. The van der Waals surface area contributed by atoms with Gasteiger partial charge in [0.05, 0.1) is 5.69 Å². The number of rotatable bonds is 11. The minimum absolute atomic E-state index is 0.00772. The van der Waals surface area contributed by atoms with Crippen molar-refractivity contribution in [3.05, 3.63) is 47.5 Å². The van der Waals surface area contributed by atoms with E-state index in [1.54, 1.807) is 34.8 Å². The van der Waals surface area contributed by atoms with E-state index >= 15 is 4.39 Å². The fraction of sp³-hybridized carbons (Fsp3) is 0.594. The van der Waals surface area contributed by atoms with Crippen molar-refractivity contribution in [2.45, 2.75) is 77.4 Å². The van der Waals surface area contributed by atoms with Crippen LogP contribution in [0.4, 0.5) is 10.1 Å². The van der Waals surface area contributed by atoms with Gasteiger partial charge in [0.25, 0.3) is 5.91 Å². The smallest absolute Gasteiger partial charge is 0.270 e. The third kappa shape index (κ3) is 6.95. The molecule has 238 valence electrons. The summed E-state index contributed by atoms with van der Waals surface area (Å²) >= 11 is 0. The number of aromatic nitrogens is 2. The van der Waals surface area contributed by atoms with Gasteiger partial charge in [0.2, 0.25) is 17.7 Å². The fourth-order valence-corrected chi connectivity index (χ4v) is 7.03. The molecule has 5 rings (SSSR count). The first-order chi connectivity index (χ1) is 21.1. The van der Waals surface area contributed by atoms with Crippen molar-refractivity contribution in [1.82, 2.24) is 30.2 Å². The van der Waals surface area contributed by atoms with Crippen LogP contribution < -0.4 is 16.0 Å². The average Bonchev–Trinajstić information content (AvgIpc) is 3.47. The lowest BCUT2D eigenvalue weighted by atomic mass is 9.73. The molecule has 4 amide bonds. The number of carbonyl (C=O) groups is 4. The van der Waals surface area contributed by atoms with Gasteiger partial charge < -0.3 is 25.8 Å². The number of hydrogen-bond acceptors (Lipinski definition) is 6. The van der Waals surface area contributed by atoms with Crippen LogP contribution in [0.15, 0.2) is 30.5 Å². The van der Waals surface area contributed by atoms with Crippen LogP contribution in [-0.4, -0.2) is 88.5 Å². The van der Waals surface area contributed by atoms with Crippen LogP contribution in [0.2, 0.25) is 0 Å². The summed E-state index contributed by atoms with van der Waals surface area (Å²) in [7, 11) is 2.05. The summed E-state index contributed by atoms with van der Waals surface area (Å²) in [5, 5.41) is 12.6. The zero-order valence-electron chi connectivity index (χ0n) is 25.9. The molecule has 1 aromatic heterocycles. The van der Waals surface area contributed by atoms with Gasteiger partial charge in [-0.05, 0) is 56.5 Å². The van der Waals surface area contributed by atoms with Crippen molar-refractivity contribution >= 4 is 29.3 Å². The number of halogens is 1. The van der Waals surface area contributed by atoms with E-state index in [2.05, 4.69) is 33.0 Å². The van der Waals surface area contributed by atoms with Gasteiger partial charge in [-0.3, -0.25) is 23.9 Å². The van der Waals surface area contributed by atoms with Gasteiger partial charge in [-0.1, -0.05) is 32.3 Å². The Morgan fingerprint density at radius 1 is 1.02 bits per heavy atom. The Morgan fingerprint density at radius 2 is 1.75 bits per heavy atom. The van der Waals surface area contributed by atoms with Gasteiger partial charge in [-0.15, -0.1) is 0 Å². The Hall–Kier alpha value is -3.80. The third-order valence-electron chi connectivity index (χ3n) is 9.20. The first-order valence-electron chi connectivity index (χ1n) is 15.8. The third-order valence-corrected chi connectivity index (χ3v) is 9.20. The van der Waals surface area contributed by atoms with E-state index in [-0.39, 0.29) is 41.7 Å². The minimum atomic E-state index is -0.830. The molecule has 1 saturated carbocycles.